The molecule has 1 aliphatic carbocycles. The van der Waals surface area contributed by atoms with Gasteiger partial charge < -0.3 is 10.5 Å². The minimum absolute atomic E-state index is 0.257. The predicted molar refractivity (Wildman–Crippen MR) is 79.4 cm³/mol. The molecule has 2 N–H and O–H groups in total. The highest BCUT2D eigenvalue weighted by atomic mass is 16.5. The Morgan fingerprint density at radius 1 is 1.21 bits per heavy atom. The molecular weight excluding hydrogens is 236 g/mol. The van der Waals surface area contributed by atoms with Crippen molar-refractivity contribution >= 4 is 0 Å². The van der Waals surface area contributed by atoms with Crippen LogP contribution in [0.3, 0.4) is 0 Å². The molecule has 3 nitrogen and oxygen atoms in total. The highest BCUT2D eigenvalue weighted by Gasteiger charge is 2.35. The van der Waals surface area contributed by atoms with Crippen LogP contribution >= 0.6 is 0 Å². The first kappa shape index (κ1) is 14.4. The van der Waals surface area contributed by atoms with Crippen molar-refractivity contribution in [2.45, 2.75) is 37.6 Å². The van der Waals surface area contributed by atoms with Crippen LogP contribution in [0.4, 0.5) is 0 Å². The van der Waals surface area contributed by atoms with Gasteiger partial charge in [0.15, 0.2) is 0 Å². The van der Waals surface area contributed by atoms with Gasteiger partial charge in [0.1, 0.15) is 5.75 Å². The maximum absolute atomic E-state index is 5.99. The van der Waals surface area contributed by atoms with Gasteiger partial charge in [-0.3, -0.25) is 4.90 Å². The molecule has 0 unspecified atom stereocenters. The third-order valence-electron chi connectivity index (χ3n) is 4.37. The van der Waals surface area contributed by atoms with Crippen molar-refractivity contribution in [2.75, 3.05) is 26.7 Å². The lowest BCUT2D eigenvalue weighted by atomic mass is 9.95. The van der Waals surface area contributed by atoms with Crippen LogP contribution in [0.5, 0.6) is 5.75 Å². The van der Waals surface area contributed by atoms with Gasteiger partial charge in [-0.15, -0.1) is 0 Å². The van der Waals surface area contributed by atoms with Gasteiger partial charge in [0.2, 0.25) is 0 Å². The van der Waals surface area contributed by atoms with E-state index < -0.39 is 0 Å². The van der Waals surface area contributed by atoms with Crippen molar-refractivity contribution in [3.63, 3.8) is 0 Å². The topological polar surface area (TPSA) is 38.5 Å². The largest absolute Gasteiger partial charge is 0.494 e. The number of ether oxygens (including phenoxy) is 1. The van der Waals surface area contributed by atoms with E-state index in [1.165, 1.54) is 25.7 Å². The van der Waals surface area contributed by atoms with E-state index in [4.69, 9.17) is 10.5 Å². The van der Waals surface area contributed by atoms with Gasteiger partial charge in [0, 0.05) is 18.6 Å². The highest BCUT2D eigenvalue weighted by molar-refractivity contribution is 5.20. The molecule has 0 aromatic heterocycles. The zero-order chi connectivity index (χ0) is 13.6. The van der Waals surface area contributed by atoms with Crippen LogP contribution in [-0.4, -0.2) is 37.2 Å². The molecule has 0 saturated heterocycles. The molecule has 0 bridgehead atoms. The first-order chi connectivity index (χ1) is 9.27. The van der Waals surface area contributed by atoms with E-state index in [9.17, 15) is 0 Å². The van der Waals surface area contributed by atoms with Crippen LogP contribution in [0, 0.1) is 0 Å². The summed E-state index contributed by atoms with van der Waals surface area (Å²) in [6, 6.07) is 10.0. The zero-order valence-corrected chi connectivity index (χ0v) is 12.0. The molecule has 2 rings (SSSR count). The van der Waals surface area contributed by atoms with Crippen LogP contribution < -0.4 is 10.5 Å². The molecule has 0 amide bonds. The molecule has 0 atom stereocenters. The van der Waals surface area contributed by atoms with Gasteiger partial charge >= 0.3 is 0 Å². The number of likely N-dealkylation sites (N-methyl/N-ethyl adjacent to an activating group) is 1. The van der Waals surface area contributed by atoms with E-state index in [1.807, 2.05) is 30.3 Å². The molecule has 1 aromatic carbocycles. The average Bonchev–Trinajstić information content (AvgIpc) is 2.94. The fourth-order valence-corrected chi connectivity index (χ4v) is 3.02. The minimum Gasteiger partial charge on any atom is -0.494 e. The second-order valence-corrected chi connectivity index (χ2v) is 5.57. The first-order valence-corrected chi connectivity index (χ1v) is 7.36. The van der Waals surface area contributed by atoms with Crippen molar-refractivity contribution in [1.82, 2.24) is 4.90 Å². The molecule has 0 spiro atoms. The lowest BCUT2D eigenvalue weighted by Crippen LogP contribution is -2.50. The summed E-state index contributed by atoms with van der Waals surface area (Å²) in [4.78, 5) is 2.45. The van der Waals surface area contributed by atoms with Crippen molar-refractivity contribution in [2.24, 2.45) is 5.73 Å². The summed E-state index contributed by atoms with van der Waals surface area (Å²) in [5.41, 5.74) is 6.25. The van der Waals surface area contributed by atoms with E-state index in [0.29, 0.717) is 0 Å². The standard InChI is InChI=1S/C16H26N2O/c1-18(16(14-17)10-5-6-11-16)12-7-13-19-15-8-3-2-4-9-15/h2-4,8-9H,5-7,10-14,17H2,1H3. The van der Waals surface area contributed by atoms with Gasteiger partial charge in [0.05, 0.1) is 6.61 Å². The number of hydrogen-bond donors (Lipinski definition) is 1. The number of rotatable bonds is 7. The van der Waals surface area contributed by atoms with E-state index in [1.54, 1.807) is 0 Å². The van der Waals surface area contributed by atoms with Gasteiger partial charge in [-0.25, -0.2) is 0 Å². The Bertz CT molecular complexity index is 360. The van der Waals surface area contributed by atoms with Crippen molar-refractivity contribution in [1.29, 1.82) is 0 Å². The summed E-state index contributed by atoms with van der Waals surface area (Å²) in [6.45, 7) is 2.61. The fourth-order valence-electron chi connectivity index (χ4n) is 3.02. The molecule has 0 heterocycles. The maximum Gasteiger partial charge on any atom is 0.119 e. The molecule has 106 valence electrons. The second kappa shape index (κ2) is 6.92. The summed E-state index contributed by atoms with van der Waals surface area (Å²) in [7, 11) is 2.21. The summed E-state index contributed by atoms with van der Waals surface area (Å²) >= 11 is 0. The number of nitrogens with two attached hydrogens (primary N) is 1. The van der Waals surface area contributed by atoms with Gasteiger partial charge in [-0.1, -0.05) is 31.0 Å². The first-order valence-electron chi connectivity index (χ1n) is 7.36. The van der Waals surface area contributed by atoms with Crippen LogP contribution in [-0.2, 0) is 0 Å². The van der Waals surface area contributed by atoms with E-state index in [-0.39, 0.29) is 5.54 Å². The number of benzene rings is 1. The second-order valence-electron chi connectivity index (χ2n) is 5.57. The van der Waals surface area contributed by atoms with E-state index >= 15 is 0 Å². The highest BCUT2D eigenvalue weighted by Crippen LogP contribution is 2.33. The number of para-hydroxylation sites is 1. The Balaban J connectivity index is 1.70. The zero-order valence-electron chi connectivity index (χ0n) is 12.0. The lowest BCUT2D eigenvalue weighted by molar-refractivity contribution is 0.123. The van der Waals surface area contributed by atoms with Crippen molar-refractivity contribution in [3.8, 4) is 5.75 Å². The smallest absolute Gasteiger partial charge is 0.119 e. The normalized spacial score (nSPS) is 17.8. The van der Waals surface area contributed by atoms with Gasteiger partial charge in [0.25, 0.3) is 0 Å². The van der Waals surface area contributed by atoms with Crippen LogP contribution in [0.2, 0.25) is 0 Å². The summed E-state index contributed by atoms with van der Waals surface area (Å²) in [5.74, 6) is 0.958. The van der Waals surface area contributed by atoms with E-state index in [0.717, 1.165) is 31.9 Å². The number of nitrogens with zero attached hydrogens (tertiary/aromatic N) is 1. The Morgan fingerprint density at radius 2 is 1.89 bits per heavy atom. The molecule has 1 fully saturated rings. The Labute approximate surface area is 116 Å². The molecule has 1 aromatic rings. The molecule has 1 saturated carbocycles. The molecule has 1 aliphatic rings. The SMILES string of the molecule is CN(CCCOc1ccccc1)C1(CN)CCCC1. The molecule has 3 heteroatoms. The minimum atomic E-state index is 0.257. The third-order valence-corrected chi connectivity index (χ3v) is 4.37. The summed E-state index contributed by atoms with van der Waals surface area (Å²) in [6.07, 6.45) is 6.19. The maximum atomic E-state index is 5.99. The van der Waals surface area contributed by atoms with Crippen molar-refractivity contribution < 1.29 is 4.74 Å². The summed E-state index contributed by atoms with van der Waals surface area (Å²) < 4.78 is 5.73. The Hall–Kier alpha value is -1.06. The van der Waals surface area contributed by atoms with Gasteiger partial charge in [-0.05, 0) is 38.4 Å². The molecule has 0 aliphatic heterocycles. The van der Waals surface area contributed by atoms with Gasteiger partial charge in [-0.2, -0.15) is 0 Å². The summed E-state index contributed by atoms with van der Waals surface area (Å²) in [5, 5.41) is 0. The molecular formula is C16H26N2O. The predicted octanol–water partition coefficient (Wildman–Crippen LogP) is 2.66. The fraction of sp³-hybridized carbons (Fsp3) is 0.625. The average molecular weight is 262 g/mol. The Morgan fingerprint density at radius 3 is 2.53 bits per heavy atom. The Kier molecular flexibility index (Phi) is 5.23. The molecule has 19 heavy (non-hydrogen) atoms. The quantitative estimate of drug-likeness (QED) is 0.768. The van der Waals surface area contributed by atoms with E-state index in [2.05, 4.69) is 11.9 Å². The monoisotopic (exact) mass is 262 g/mol. The molecule has 0 radical (unpaired) electrons. The van der Waals surface area contributed by atoms with Crippen LogP contribution in [0.1, 0.15) is 32.1 Å². The number of hydrogen-bond acceptors (Lipinski definition) is 3. The van der Waals surface area contributed by atoms with Crippen LogP contribution in [0.15, 0.2) is 30.3 Å². The lowest BCUT2D eigenvalue weighted by Gasteiger charge is -2.38. The van der Waals surface area contributed by atoms with Crippen LogP contribution in [0.25, 0.3) is 0 Å². The third kappa shape index (κ3) is 3.71. The van der Waals surface area contributed by atoms with Crippen molar-refractivity contribution in [3.05, 3.63) is 30.3 Å².